The number of hydrogen-bond acceptors (Lipinski definition) is 5. The summed E-state index contributed by atoms with van der Waals surface area (Å²) in [6, 6.07) is 11.6. The third-order valence-corrected chi connectivity index (χ3v) is 4.92. The Morgan fingerprint density at radius 3 is 2.88 bits per heavy atom. The topological polar surface area (TPSA) is 63.7 Å². The molecule has 136 valence electrons. The number of carbonyl (C=O) groups is 1. The zero-order valence-electron chi connectivity index (χ0n) is 14.7. The summed E-state index contributed by atoms with van der Waals surface area (Å²) < 4.78 is 11.0. The van der Waals surface area contributed by atoms with Crippen molar-refractivity contribution in [1.29, 1.82) is 0 Å². The molecule has 1 aromatic heterocycles. The molecule has 1 fully saturated rings. The number of ether oxygens (including phenoxy) is 2. The van der Waals surface area contributed by atoms with Gasteiger partial charge in [0.25, 0.3) is 5.91 Å². The quantitative estimate of drug-likeness (QED) is 0.888. The van der Waals surface area contributed by atoms with E-state index in [1.165, 1.54) is 0 Å². The first-order valence-electron chi connectivity index (χ1n) is 9.08. The maximum absolute atomic E-state index is 12.6. The maximum atomic E-state index is 12.6. The van der Waals surface area contributed by atoms with E-state index in [2.05, 4.69) is 15.2 Å². The minimum atomic E-state index is -0.0612. The molecule has 3 heterocycles. The highest BCUT2D eigenvalue weighted by atomic mass is 16.5. The van der Waals surface area contributed by atoms with Gasteiger partial charge in [0.1, 0.15) is 5.75 Å². The van der Waals surface area contributed by atoms with E-state index in [4.69, 9.17) is 9.47 Å². The molecule has 0 spiro atoms. The van der Waals surface area contributed by atoms with Crippen LogP contribution >= 0.6 is 0 Å². The third kappa shape index (κ3) is 3.71. The molecular weight excluding hydrogens is 330 g/mol. The van der Waals surface area contributed by atoms with E-state index >= 15 is 0 Å². The summed E-state index contributed by atoms with van der Waals surface area (Å²) in [5.41, 5.74) is 2.75. The highest BCUT2D eigenvalue weighted by molar-refractivity contribution is 5.94. The Morgan fingerprint density at radius 2 is 2.08 bits per heavy atom. The number of carbonyl (C=O) groups excluding carboxylic acids is 1. The number of hydrogen-bond donors (Lipinski definition) is 1. The van der Waals surface area contributed by atoms with Crippen LogP contribution in [-0.2, 0) is 11.2 Å². The van der Waals surface area contributed by atoms with E-state index < -0.39 is 0 Å². The van der Waals surface area contributed by atoms with Crippen molar-refractivity contribution in [3.8, 4) is 5.75 Å². The van der Waals surface area contributed by atoms with Crippen LogP contribution in [0.25, 0.3) is 0 Å². The van der Waals surface area contributed by atoms with Crippen molar-refractivity contribution in [2.75, 3.05) is 39.5 Å². The van der Waals surface area contributed by atoms with Gasteiger partial charge in [0.15, 0.2) is 0 Å². The van der Waals surface area contributed by atoms with Crippen LogP contribution in [0, 0.1) is 0 Å². The first kappa shape index (κ1) is 17.0. The van der Waals surface area contributed by atoms with Gasteiger partial charge in [-0.15, -0.1) is 0 Å². The number of aromatic nitrogens is 1. The highest BCUT2D eigenvalue weighted by Crippen LogP contribution is 2.26. The number of nitrogens with zero attached hydrogens (tertiary/aromatic N) is 2. The van der Waals surface area contributed by atoms with Crippen LogP contribution in [0.1, 0.15) is 27.7 Å². The summed E-state index contributed by atoms with van der Waals surface area (Å²) in [7, 11) is 0. The summed E-state index contributed by atoms with van der Waals surface area (Å²) >= 11 is 0. The lowest BCUT2D eigenvalue weighted by Gasteiger charge is -2.34. The van der Waals surface area contributed by atoms with Gasteiger partial charge in [0, 0.05) is 37.8 Å². The van der Waals surface area contributed by atoms with Crippen LogP contribution < -0.4 is 10.1 Å². The van der Waals surface area contributed by atoms with Crippen LogP contribution in [0.3, 0.4) is 0 Å². The third-order valence-electron chi connectivity index (χ3n) is 4.92. The van der Waals surface area contributed by atoms with Crippen LogP contribution in [0.2, 0.25) is 0 Å². The van der Waals surface area contributed by atoms with Crippen molar-refractivity contribution in [1.82, 2.24) is 15.2 Å². The van der Waals surface area contributed by atoms with Gasteiger partial charge in [-0.1, -0.05) is 6.07 Å². The van der Waals surface area contributed by atoms with Gasteiger partial charge < -0.3 is 14.8 Å². The molecule has 6 nitrogen and oxygen atoms in total. The molecule has 4 rings (SSSR count). The Balaban J connectivity index is 1.46. The van der Waals surface area contributed by atoms with Gasteiger partial charge in [0.05, 0.1) is 31.6 Å². The second-order valence-corrected chi connectivity index (χ2v) is 6.55. The van der Waals surface area contributed by atoms with Crippen LogP contribution in [-0.4, -0.2) is 55.2 Å². The lowest BCUT2D eigenvalue weighted by molar-refractivity contribution is 0.0154. The first-order chi connectivity index (χ1) is 12.8. The highest BCUT2D eigenvalue weighted by Gasteiger charge is 2.24. The number of pyridine rings is 1. The second-order valence-electron chi connectivity index (χ2n) is 6.55. The zero-order valence-corrected chi connectivity index (χ0v) is 14.7. The van der Waals surface area contributed by atoms with Gasteiger partial charge in [-0.3, -0.25) is 14.7 Å². The molecule has 1 unspecified atom stereocenters. The molecule has 0 aliphatic carbocycles. The van der Waals surface area contributed by atoms with Gasteiger partial charge >= 0.3 is 0 Å². The summed E-state index contributed by atoms with van der Waals surface area (Å²) in [6.07, 6.45) is 2.66. The average Bonchev–Trinajstić information content (AvgIpc) is 3.17. The Kier molecular flexibility index (Phi) is 5.13. The number of nitrogens with one attached hydrogen (secondary N) is 1. The van der Waals surface area contributed by atoms with E-state index in [9.17, 15) is 4.79 Å². The summed E-state index contributed by atoms with van der Waals surface area (Å²) in [5, 5.41) is 3.08. The van der Waals surface area contributed by atoms with E-state index in [0.717, 1.165) is 36.5 Å². The normalized spacial score (nSPS) is 18.0. The number of morpholine rings is 1. The molecule has 2 aromatic rings. The summed E-state index contributed by atoms with van der Waals surface area (Å²) in [4.78, 5) is 19.5. The fourth-order valence-electron chi connectivity index (χ4n) is 3.50. The maximum Gasteiger partial charge on any atom is 0.251 e. The molecule has 1 N–H and O–H groups in total. The average molecular weight is 353 g/mol. The van der Waals surface area contributed by atoms with E-state index in [1.54, 1.807) is 6.20 Å². The molecule has 2 aliphatic heterocycles. The first-order valence-corrected chi connectivity index (χ1v) is 9.08. The van der Waals surface area contributed by atoms with E-state index in [1.807, 2.05) is 36.4 Å². The smallest absolute Gasteiger partial charge is 0.251 e. The van der Waals surface area contributed by atoms with Gasteiger partial charge in [0.2, 0.25) is 0 Å². The van der Waals surface area contributed by atoms with Crippen LogP contribution in [0.15, 0.2) is 42.6 Å². The molecule has 0 saturated carbocycles. The van der Waals surface area contributed by atoms with Crippen LogP contribution in [0.5, 0.6) is 5.75 Å². The van der Waals surface area contributed by atoms with E-state index in [0.29, 0.717) is 31.9 Å². The van der Waals surface area contributed by atoms with Crippen LogP contribution in [0.4, 0.5) is 0 Å². The molecule has 1 saturated heterocycles. The molecule has 1 atom stereocenters. The molecule has 2 aliphatic rings. The molecule has 0 bridgehead atoms. The van der Waals surface area contributed by atoms with Crippen molar-refractivity contribution in [2.45, 2.75) is 12.5 Å². The monoisotopic (exact) mass is 353 g/mol. The molecular formula is C20H23N3O3. The van der Waals surface area contributed by atoms with Gasteiger partial charge in [-0.2, -0.15) is 0 Å². The van der Waals surface area contributed by atoms with Crippen molar-refractivity contribution in [2.24, 2.45) is 0 Å². The SMILES string of the molecule is O=C(NCC(c1ccccn1)N1CCOCC1)c1ccc2c(c1)CCO2. The fourth-order valence-corrected chi connectivity index (χ4v) is 3.50. The largest absolute Gasteiger partial charge is 0.493 e. The Bertz CT molecular complexity index is 760. The predicted octanol–water partition coefficient (Wildman–Crippen LogP) is 1.82. The minimum Gasteiger partial charge on any atom is -0.493 e. The molecule has 1 aromatic carbocycles. The molecule has 1 amide bonds. The Hall–Kier alpha value is -2.44. The molecule has 6 heteroatoms. The lowest BCUT2D eigenvalue weighted by Crippen LogP contribution is -2.44. The van der Waals surface area contributed by atoms with Gasteiger partial charge in [-0.05, 0) is 35.9 Å². The predicted molar refractivity (Wildman–Crippen MR) is 97.3 cm³/mol. The standard InChI is InChI=1S/C20H23N3O3/c24-20(16-4-5-19-15(13-16)6-10-26-19)22-14-18(17-3-1-2-7-21-17)23-8-11-25-12-9-23/h1-5,7,13,18H,6,8-12,14H2,(H,22,24). The molecule has 0 radical (unpaired) electrons. The zero-order chi connectivity index (χ0) is 17.8. The van der Waals surface area contributed by atoms with Crippen molar-refractivity contribution < 1.29 is 14.3 Å². The molecule has 26 heavy (non-hydrogen) atoms. The second kappa shape index (κ2) is 7.85. The van der Waals surface area contributed by atoms with Crippen molar-refractivity contribution >= 4 is 5.91 Å². The Morgan fingerprint density at radius 1 is 1.19 bits per heavy atom. The van der Waals surface area contributed by atoms with Crippen molar-refractivity contribution in [3.63, 3.8) is 0 Å². The van der Waals surface area contributed by atoms with E-state index in [-0.39, 0.29) is 11.9 Å². The number of rotatable bonds is 5. The number of fused-ring (bicyclic) bond motifs is 1. The van der Waals surface area contributed by atoms with Crippen molar-refractivity contribution in [3.05, 3.63) is 59.4 Å². The number of amides is 1. The Labute approximate surface area is 153 Å². The summed E-state index contributed by atoms with van der Waals surface area (Å²) in [6.45, 7) is 4.31. The summed E-state index contributed by atoms with van der Waals surface area (Å²) in [5.74, 6) is 0.829. The lowest BCUT2D eigenvalue weighted by atomic mass is 10.1. The minimum absolute atomic E-state index is 0.0433. The fraction of sp³-hybridized carbons (Fsp3) is 0.400. The number of benzene rings is 1. The van der Waals surface area contributed by atoms with Gasteiger partial charge in [-0.25, -0.2) is 0 Å².